The molecule has 0 aliphatic heterocycles. The van der Waals surface area contributed by atoms with Crippen molar-refractivity contribution in [2.75, 3.05) is 5.32 Å². The summed E-state index contributed by atoms with van der Waals surface area (Å²) in [6.45, 7) is 11.5. The van der Waals surface area contributed by atoms with E-state index in [0.717, 1.165) is 5.76 Å². The molecule has 0 radical (unpaired) electrons. The predicted molar refractivity (Wildman–Crippen MR) is 136 cm³/mol. The minimum absolute atomic E-state index is 0.141. The minimum atomic E-state index is -0.365. The maximum atomic E-state index is 13.4. The first-order valence-electron chi connectivity index (χ1n) is 11.6. The molecule has 0 saturated carbocycles. The van der Waals surface area contributed by atoms with Crippen molar-refractivity contribution in [1.29, 1.82) is 0 Å². The van der Waals surface area contributed by atoms with E-state index in [1.807, 2.05) is 6.07 Å². The van der Waals surface area contributed by atoms with Crippen molar-refractivity contribution in [1.82, 2.24) is 4.98 Å². The van der Waals surface area contributed by atoms with E-state index < -0.39 is 0 Å². The fourth-order valence-electron chi connectivity index (χ4n) is 4.85. The van der Waals surface area contributed by atoms with Crippen molar-refractivity contribution in [3.8, 4) is 0 Å². The van der Waals surface area contributed by atoms with Crippen LogP contribution in [0.3, 0.4) is 0 Å². The molecule has 1 N–H and O–H groups in total. The number of hydrogen-bond acceptors (Lipinski definition) is 4. The number of furan rings is 1. The average molecular weight is 477 g/mol. The molecule has 1 aliphatic rings. The van der Waals surface area contributed by atoms with Crippen molar-refractivity contribution >= 4 is 32.6 Å². The average Bonchev–Trinajstić information content (AvgIpc) is 3.39. The summed E-state index contributed by atoms with van der Waals surface area (Å²) in [5, 5.41) is 3.18. The highest BCUT2D eigenvalue weighted by Gasteiger charge is 2.37. The normalized spacial score (nSPS) is 16.4. The molecule has 2 heterocycles. The Morgan fingerprint density at radius 3 is 2.50 bits per heavy atom. The Morgan fingerprint density at radius 2 is 1.76 bits per heavy atom. The summed E-state index contributed by atoms with van der Waals surface area (Å²) in [7, 11) is 0. The topological polar surface area (TPSA) is 55.1 Å². The molecule has 0 saturated heterocycles. The van der Waals surface area contributed by atoms with E-state index in [1.54, 1.807) is 12.1 Å². The molecule has 34 heavy (non-hydrogen) atoms. The van der Waals surface area contributed by atoms with Crippen molar-refractivity contribution in [2.24, 2.45) is 0 Å². The molecule has 0 unspecified atom stereocenters. The number of rotatable bonds is 4. The van der Waals surface area contributed by atoms with Crippen LogP contribution >= 0.6 is 11.3 Å². The van der Waals surface area contributed by atoms with Crippen LogP contribution in [0.4, 0.5) is 9.52 Å². The first-order chi connectivity index (χ1) is 16.0. The summed E-state index contributed by atoms with van der Waals surface area (Å²) >= 11 is 1.23. The Kier molecular flexibility index (Phi) is 5.40. The summed E-state index contributed by atoms with van der Waals surface area (Å²) in [6, 6.07) is 12.6. The first kappa shape index (κ1) is 22.8. The quantitative estimate of drug-likeness (QED) is 0.331. The Morgan fingerprint density at radius 1 is 1.06 bits per heavy atom. The van der Waals surface area contributed by atoms with E-state index in [9.17, 15) is 9.18 Å². The van der Waals surface area contributed by atoms with Crippen LogP contribution in [0.2, 0.25) is 0 Å². The zero-order chi connectivity index (χ0) is 24.3. The monoisotopic (exact) mass is 476 g/mol. The fraction of sp³-hybridized carbons (Fsp3) is 0.357. The van der Waals surface area contributed by atoms with Gasteiger partial charge < -0.3 is 4.42 Å². The van der Waals surface area contributed by atoms with Gasteiger partial charge in [0.25, 0.3) is 5.91 Å². The summed E-state index contributed by atoms with van der Waals surface area (Å²) in [5.74, 6) is 0.287. The van der Waals surface area contributed by atoms with Gasteiger partial charge in [-0.3, -0.25) is 10.1 Å². The lowest BCUT2D eigenvalue weighted by Crippen LogP contribution is -2.34. The zero-order valence-corrected chi connectivity index (χ0v) is 21.0. The molecule has 2 aromatic heterocycles. The Hall–Kier alpha value is -2.99. The van der Waals surface area contributed by atoms with Crippen molar-refractivity contribution in [3.05, 3.63) is 82.1 Å². The van der Waals surface area contributed by atoms with E-state index in [0.29, 0.717) is 21.8 Å². The lowest BCUT2D eigenvalue weighted by Gasteiger charge is -2.42. The fourth-order valence-corrected chi connectivity index (χ4v) is 5.74. The van der Waals surface area contributed by atoms with Crippen LogP contribution < -0.4 is 5.32 Å². The summed E-state index contributed by atoms with van der Waals surface area (Å²) in [5.41, 5.74) is 6.29. The Bertz CT molecular complexity index is 1410. The van der Waals surface area contributed by atoms with Gasteiger partial charge in [-0.25, -0.2) is 9.37 Å². The number of aryl methyl sites for hydroxylation is 1. The number of carbonyl (C=O) groups excluding carboxylic acids is 1. The maximum absolute atomic E-state index is 13.4. The number of hydrogen-bond donors (Lipinski definition) is 1. The highest BCUT2D eigenvalue weighted by molar-refractivity contribution is 7.22. The number of amides is 1. The van der Waals surface area contributed by atoms with E-state index in [4.69, 9.17) is 4.42 Å². The molecule has 5 rings (SSSR count). The molecule has 1 amide bonds. The molecule has 1 aliphatic carbocycles. The molecule has 4 aromatic rings. The van der Waals surface area contributed by atoms with Crippen molar-refractivity contribution in [3.63, 3.8) is 0 Å². The van der Waals surface area contributed by atoms with Gasteiger partial charge in [0.15, 0.2) is 10.9 Å². The van der Waals surface area contributed by atoms with Crippen LogP contribution in [0.15, 0.2) is 46.9 Å². The Labute approximate surface area is 203 Å². The molecule has 4 nitrogen and oxygen atoms in total. The number of thiazole rings is 1. The molecule has 176 valence electrons. The maximum Gasteiger partial charge on any atom is 0.293 e. The van der Waals surface area contributed by atoms with Gasteiger partial charge in [0, 0.05) is 6.42 Å². The van der Waals surface area contributed by atoms with Crippen LogP contribution in [-0.2, 0) is 17.3 Å². The van der Waals surface area contributed by atoms with Crippen molar-refractivity contribution < 1.29 is 13.6 Å². The van der Waals surface area contributed by atoms with Gasteiger partial charge in [0.05, 0.1) is 10.2 Å². The van der Waals surface area contributed by atoms with Gasteiger partial charge in [0.1, 0.15) is 11.6 Å². The van der Waals surface area contributed by atoms with Gasteiger partial charge in [-0.2, -0.15) is 0 Å². The third-order valence-corrected chi connectivity index (χ3v) is 8.06. The van der Waals surface area contributed by atoms with Crippen LogP contribution in [0, 0.1) is 12.7 Å². The second-order valence-corrected chi connectivity index (χ2v) is 11.7. The molecule has 0 bridgehead atoms. The molecule has 2 aromatic carbocycles. The minimum Gasteiger partial charge on any atom is -0.456 e. The van der Waals surface area contributed by atoms with E-state index >= 15 is 0 Å². The lowest BCUT2D eigenvalue weighted by atomic mass is 9.62. The van der Waals surface area contributed by atoms with Crippen LogP contribution in [0.5, 0.6) is 0 Å². The number of nitrogens with zero attached hydrogens (tertiary/aromatic N) is 1. The predicted octanol–water partition coefficient (Wildman–Crippen LogP) is 7.53. The second-order valence-electron chi connectivity index (χ2n) is 10.6. The number of anilines is 1. The van der Waals surface area contributed by atoms with Gasteiger partial charge in [-0.1, -0.05) is 51.2 Å². The summed E-state index contributed by atoms with van der Waals surface area (Å²) < 4.78 is 20.0. The SMILES string of the molecule is Cc1cc2c(cc1Cc1ccc(C(=O)Nc3nc4ccc(F)cc4s3)o1)C(C)(C)CCC2(C)C. The Balaban J connectivity index is 1.36. The van der Waals surface area contributed by atoms with Gasteiger partial charge in [0.2, 0.25) is 0 Å². The summed E-state index contributed by atoms with van der Waals surface area (Å²) in [4.78, 5) is 17.1. The number of benzene rings is 2. The number of carbonyl (C=O) groups is 1. The van der Waals surface area contributed by atoms with Gasteiger partial charge >= 0.3 is 0 Å². The smallest absolute Gasteiger partial charge is 0.293 e. The first-order valence-corrected chi connectivity index (χ1v) is 12.4. The molecular formula is C28H29FN2O2S. The van der Waals surface area contributed by atoms with Crippen LogP contribution in [0.1, 0.15) is 79.1 Å². The number of fused-ring (bicyclic) bond motifs is 2. The third-order valence-electron chi connectivity index (χ3n) is 7.13. The van der Waals surface area contributed by atoms with Gasteiger partial charge in [-0.05, 0) is 83.2 Å². The molecule has 0 fully saturated rings. The van der Waals surface area contributed by atoms with Gasteiger partial charge in [-0.15, -0.1) is 0 Å². The lowest BCUT2D eigenvalue weighted by molar-refractivity contribution is 0.0995. The summed E-state index contributed by atoms with van der Waals surface area (Å²) in [6.07, 6.45) is 2.98. The van der Waals surface area contributed by atoms with Crippen LogP contribution in [0.25, 0.3) is 10.2 Å². The van der Waals surface area contributed by atoms with Crippen molar-refractivity contribution in [2.45, 2.75) is 64.7 Å². The molecule has 0 spiro atoms. The van der Waals surface area contributed by atoms with Crippen LogP contribution in [-0.4, -0.2) is 10.9 Å². The molecule has 0 atom stereocenters. The van der Waals surface area contributed by atoms with E-state index in [1.165, 1.54) is 58.6 Å². The highest BCUT2D eigenvalue weighted by Crippen LogP contribution is 2.46. The van der Waals surface area contributed by atoms with E-state index in [2.05, 4.69) is 57.1 Å². The zero-order valence-electron chi connectivity index (χ0n) is 20.2. The second kappa shape index (κ2) is 8.05. The molecular weight excluding hydrogens is 447 g/mol. The molecule has 6 heteroatoms. The number of halogens is 1. The number of aromatic nitrogens is 1. The largest absolute Gasteiger partial charge is 0.456 e. The number of nitrogens with one attached hydrogen (secondary N) is 1. The standard InChI is InChI=1S/C28H29FN2O2S/c1-16-12-20-21(28(4,5)11-10-27(20,2)3)14-17(16)13-19-7-9-23(33-19)25(32)31-26-30-22-8-6-18(29)15-24(22)34-26/h6-9,12,14-15H,10-11,13H2,1-5H3,(H,30,31,32). The third kappa shape index (κ3) is 4.16. The highest BCUT2D eigenvalue weighted by atomic mass is 32.1. The van der Waals surface area contributed by atoms with E-state index in [-0.39, 0.29) is 28.3 Å².